The normalized spacial score (nSPS) is 12.8. The number of benzene rings is 1. The van der Waals surface area contributed by atoms with Crippen LogP contribution in [0.15, 0.2) is 33.3 Å². The zero-order chi connectivity index (χ0) is 14.5. The molecule has 0 fully saturated rings. The van der Waals surface area contributed by atoms with Gasteiger partial charge in [0.2, 0.25) is 5.89 Å². The molecule has 2 aromatic rings. The average Bonchev–Trinajstić information content (AvgIpc) is 2.83. The summed E-state index contributed by atoms with van der Waals surface area (Å²) in [5.41, 5.74) is 1.28. The Morgan fingerprint density at radius 3 is 2.70 bits per heavy atom. The molecule has 20 heavy (non-hydrogen) atoms. The van der Waals surface area contributed by atoms with Crippen molar-refractivity contribution in [1.29, 1.82) is 0 Å². The van der Waals surface area contributed by atoms with E-state index in [4.69, 9.17) is 4.52 Å². The molecule has 1 aromatic heterocycles. The fraction of sp³-hybridized carbons (Fsp3) is 0.467. The molecule has 0 aliphatic heterocycles. The zero-order valence-corrected chi connectivity index (χ0v) is 13.7. The van der Waals surface area contributed by atoms with Gasteiger partial charge in [0.05, 0.1) is 6.54 Å². The fourth-order valence-electron chi connectivity index (χ4n) is 2.29. The molecular weight excluding hydrogens is 318 g/mol. The van der Waals surface area contributed by atoms with E-state index in [-0.39, 0.29) is 6.04 Å². The van der Waals surface area contributed by atoms with Gasteiger partial charge in [-0.2, -0.15) is 4.98 Å². The molecule has 1 atom stereocenters. The molecule has 0 bridgehead atoms. The summed E-state index contributed by atoms with van der Waals surface area (Å²) in [5, 5.41) is 3.86. The van der Waals surface area contributed by atoms with E-state index in [9.17, 15) is 0 Å². The lowest BCUT2D eigenvalue weighted by atomic mass is 10.1. The molecule has 0 aliphatic rings. The van der Waals surface area contributed by atoms with Crippen LogP contribution in [0, 0.1) is 6.92 Å². The first-order valence-electron chi connectivity index (χ1n) is 6.89. The van der Waals surface area contributed by atoms with Crippen LogP contribution < -0.4 is 0 Å². The minimum Gasteiger partial charge on any atom is -0.338 e. The Labute approximate surface area is 128 Å². The van der Waals surface area contributed by atoms with E-state index < -0.39 is 0 Å². The molecule has 0 saturated heterocycles. The zero-order valence-electron chi connectivity index (χ0n) is 12.1. The van der Waals surface area contributed by atoms with Crippen molar-refractivity contribution >= 4 is 15.9 Å². The predicted octanol–water partition coefficient (Wildman–Crippen LogP) is 4.11. The van der Waals surface area contributed by atoms with Crippen LogP contribution in [0.2, 0.25) is 0 Å². The Morgan fingerprint density at radius 1 is 1.35 bits per heavy atom. The highest BCUT2D eigenvalue weighted by Gasteiger charge is 2.19. The van der Waals surface area contributed by atoms with Gasteiger partial charge >= 0.3 is 0 Å². The van der Waals surface area contributed by atoms with Crippen molar-refractivity contribution < 1.29 is 4.52 Å². The second kappa shape index (κ2) is 6.99. The Hall–Kier alpha value is -1.20. The summed E-state index contributed by atoms with van der Waals surface area (Å²) in [7, 11) is 0. The summed E-state index contributed by atoms with van der Waals surface area (Å²) < 4.78 is 6.38. The molecule has 0 amide bonds. The molecular formula is C15H20BrN3O. The lowest BCUT2D eigenvalue weighted by molar-refractivity contribution is 0.175. The predicted molar refractivity (Wildman–Crippen MR) is 82.3 cm³/mol. The van der Waals surface area contributed by atoms with Gasteiger partial charge in [-0.3, -0.25) is 4.90 Å². The fourth-order valence-corrected chi connectivity index (χ4v) is 2.90. The monoisotopic (exact) mass is 337 g/mol. The molecule has 0 N–H and O–H groups in total. The van der Waals surface area contributed by atoms with Crippen molar-refractivity contribution in [2.24, 2.45) is 0 Å². The van der Waals surface area contributed by atoms with E-state index in [1.165, 1.54) is 5.56 Å². The molecule has 0 aliphatic carbocycles. The molecule has 4 nitrogen and oxygen atoms in total. The lowest BCUT2D eigenvalue weighted by Crippen LogP contribution is -2.28. The van der Waals surface area contributed by atoms with E-state index in [0.29, 0.717) is 18.3 Å². The molecule has 0 radical (unpaired) electrons. The van der Waals surface area contributed by atoms with Crippen molar-refractivity contribution in [3.8, 4) is 0 Å². The Bertz CT molecular complexity index is 556. The summed E-state index contributed by atoms with van der Waals surface area (Å²) in [4.78, 5) is 6.65. The molecule has 108 valence electrons. The molecule has 1 aromatic carbocycles. The number of hydrogen-bond donors (Lipinski definition) is 0. The maximum Gasteiger partial charge on any atom is 0.240 e. The van der Waals surface area contributed by atoms with Crippen molar-refractivity contribution in [3.63, 3.8) is 0 Å². The van der Waals surface area contributed by atoms with Gasteiger partial charge < -0.3 is 4.52 Å². The Morgan fingerprint density at radius 2 is 2.10 bits per heavy atom. The van der Waals surface area contributed by atoms with Crippen molar-refractivity contribution in [3.05, 3.63) is 46.0 Å². The first-order valence-corrected chi connectivity index (χ1v) is 7.68. The van der Waals surface area contributed by atoms with Gasteiger partial charge in [-0.25, -0.2) is 0 Å². The van der Waals surface area contributed by atoms with Gasteiger partial charge in [-0.05, 0) is 38.4 Å². The van der Waals surface area contributed by atoms with E-state index in [1.807, 2.05) is 13.0 Å². The average molecular weight is 338 g/mol. The van der Waals surface area contributed by atoms with Gasteiger partial charge in [0, 0.05) is 10.5 Å². The topological polar surface area (TPSA) is 42.2 Å². The van der Waals surface area contributed by atoms with Crippen LogP contribution in [-0.4, -0.2) is 21.6 Å². The molecule has 0 saturated carbocycles. The van der Waals surface area contributed by atoms with Gasteiger partial charge in [0.1, 0.15) is 0 Å². The summed E-state index contributed by atoms with van der Waals surface area (Å²) >= 11 is 3.63. The first kappa shape index (κ1) is 15.2. The first-order chi connectivity index (χ1) is 9.61. The van der Waals surface area contributed by atoms with Crippen LogP contribution in [-0.2, 0) is 6.54 Å². The highest BCUT2D eigenvalue weighted by Crippen LogP contribution is 2.28. The quantitative estimate of drug-likeness (QED) is 0.795. The van der Waals surface area contributed by atoms with Crippen LogP contribution in [0.1, 0.15) is 43.6 Å². The molecule has 5 heteroatoms. The van der Waals surface area contributed by atoms with E-state index >= 15 is 0 Å². The second-order valence-electron chi connectivity index (χ2n) is 4.90. The summed E-state index contributed by atoms with van der Waals surface area (Å²) in [5.74, 6) is 1.36. The number of rotatable bonds is 6. The largest absolute Gasteiger partial charge is 0.338 e. The van der Waals surface area contributed by atoms with Crippen LogP contribution in [0.5, 0.6) is 0 Å². The molecule has 1 unspecified atom stereocenters. The molecule has 2 rings (SSSR count). The summed E-state index contributed by atoms with van der Waals surface area (Å²) in [6.45, 7) is 7.90. The van der Waals surface area contributed by atoms with Crippen molar-refractivity contribution in [1.82, 2.24) is 15.0 Å². The van der Waals surface area contributed by atoms with Gasteiger partial charge in [-0.15, -0.1) is 0 Å². The van der Waals surface area contributed by atoms with E-state index in [1.54, 1.807) is 0 Å². The van der Waals surface area contributed by atoms with E-state index in [0.717, 1.165) is 17.4 Å². The molecule has 1 heterocycles. The number of nitrogens with zero attached hydrogens (tertiary/aromatic N) is 3. The van der Waals surface area contributed by atoms with Crippen molar-refractivity contribution in [2.75, 3.05) is 6.54 Å². The Kier molecular flexibility index (Phi) is 5.31. The number of hydrogen-bond acceptors (Lipinski definition) is 4. The van der Waals surface area contributed by atoms with Crippen LogP contribution >= 0.6 is 15.9 Å². The van der Waals surface area contributed by atoms with Crippen LogP contribution in [0.25, 0.3) is 0 Å². The molecule has 0 spiro atoms. The summed E-state index contributed by atoms with van der Waals surface area (Å²) in [6.07, 6.45) is 1.09. The van der Waals surface area contributed by atoms with Gasteiger partial charge in [-0.1, -0.05) is 46.2 Å². The third-order valence-electron chi connectivity index (χ3n) is 3.32. The minimum atomic E-state index is 0.290. The standard InChI is InChI=1S/C15H20BrN3O/c1-4-9-19(10-15-17-12(3)18-20-15)11(2)13-7-5-6-8-14(13)16/h5-8,11H,4,9-10H2,1-3H3. The smallest absolute Gasteiger partial charge is 0.240 e. The maximum absolute atomic E-state index is 5.24. The second-order valence-corrected chi connectivity index (χ2v) is 5.76. The highest BCUT2D eigenvalue weighted by molar-refractivity contribution is 9.10. The number of aryl methyl sites for hydroxylation is 1. The van der Waals surface area contributed by atoms with Crippen LogP contribution in [0.4, 0.5) is 0 Å². The Balaban J connectivity index is 2.17. The van der Waals surface area contributed by atoms with Gasteiger partial charge in [0.15, 0.2) is 5.82 Å². The van der Waals surface area contributed by atoms with E-state index in [2.05, 4.69) is 63.0 Å². The lowest BCUT2D eigenvalue weighted by Gasteiger charge is -2.28. The highest BCUT2D eigenvalue weighted by atomic mass is 79.9. The maximum atomic E-state index is 5.24. The van der Waals surface area contributed by atoms with Crippen molar-refractivity contribution in [2.45, 2.75) is 39.8 Å². The third kappa shape index (κ3) is 3.67. The minimum absolute atomic E-state index is 0.290. The SMILES string of the molecule is CCCN(Cc1nc(C)no1)C(C)c1ccccc1Br. The van der Waals surface area contributed by atoms with Gasteiger partial charge in [0.25, 0.3) is 0 Å². The number of halogens is 1. The summed E-state index contributed by atoms with van der Waals surface area (Å²) in [6, 6.07) is 8.62. The third-order valence-corrected chi connectivity index (χ3v) is 4.04. The number of aromatic nitrogens is 2. The van der Waals surface area contributed by atoms with Crippen LogP contribution in [0.3, 0.4) is 0 Å².